The van der Waals surface area contributed by atoms with Gasteiger partial charge in [0, 0.05) is 37.8 Å². The largest absolute Gasteiger partial charge is 0.349 e. The maximum atomic E-state index is 12.6. The van der Waals surface area contributed by atoms with Gasteiger partial charge in [-0.2, -0.15) is 4.31 Å². The summed E-state index contributed by atoms with van der Waals surface area (Å²) >= 11 is 0. The number of nitrogens with zero attached hydrogens (tertiary/aromatic N) is 2. The molecule has 1 amide bonds. The van der Waals surface area contributed by atoms with Crippen molar-refractivity contribution in [3.63, 3.8) is 0 Å². The lowest BCUT2D eigenvalue weighted by molar-refractivity contribution is 0.0923. The van der Waals surface area contributed by atoms with Crippen molar-refractivity contribution >= 4 is 15.9 Å². The van der Waals surface area contributed by atoms with Crippen LogP contribution in [-0.4, -0.2) is 62.8 Å². The van der Waals surface area contributed by atoms with Crippen molar-refractivity contribution in [1.82, 2.24) is 14.5 Å². The van der Waals surface area contributed by atoms with Crippen molar-refractivity contribution in [1.29, 1.82) is 0 Å². The fourth-order valence-electron chi connectivity index (χ4n) is 4.79. The highest BCUT2D eigenvalue weighted by atomic mass is 32.2. The van der Waals surface area contributed by atoms with Crippen LogP contribution in [0.2, 0.25) is 0 Å². The first kappa shape index (κ1) is 18.9. The van der Waals surface area contributed by atoms with Crippen LogP contribution >= 0.6 is 0 Å². The first-order valence-corrected chi connectivity index (χ1v) is 11.6. The van der Waals surface area contributed by atoms with E-state index in [1.807, 2.05) is 7.05 Å². The smallest absolute Gasteiger partial charge is 0.251 e. The molecule has 4 rings (SSSR count). The van der Waals surface area contributed by atoms with Gasteiger partial charge in [-0.3, -0.25) is 4.79 Å². The monoisotopic (exact) mass is 391 g/mol. The van der Waals surface area contributed by atoms with E-state index >= 15 is 0 Å². The molecular formula is C20H29N3O3S. The molecule has 0 aromatic heterocycles. The van der Waals surface area contributed by atoms with Crippen molar-refractivity contribution < 1.29 is 13.2 Å². The zero-order valence-corrected chi connectivity index (χ0v) is 16.7. The van der Waals surface area contributed by atoms with Gasteiger partial charge in [-0.25, -0.2) is 8.42 Å². The van der Waals surface area contributed by atoms with E-state index in [0.29, 0.717) is 30.6 Å². The third-order valence-electron chi connectivity index (χ3n) is 6.48. The number of amides is 1. The predicted octanol–water partition coefficient (Wildman–Crippen LogP) is 1.68. The Bertz CT molecular complexity index is 785. The summed E-state index contributed by atoms with van der Waals surface area (Å²) in [5.41, 5.74) is 1.34. The number of carbonyl (C=O) groups excluding carboxylic acids is 1. The number of hydrogen-bond acceptors (Lipinski definition) is 4. The number of carbonyl (C=O) groups is 1. The van der Waals surface area contributed by atoms with Gasteiger partial charge in [-0.1, -0.05) is 18.6 Å². The summed E-state index contributed by atoms with van der Waals surface area (Å²) in [6.45, 7) is 2.62. The van der Waals surface area contributed by atoms with Crippen molar-refractivity contribution in [3.8, 4) is 0 Å². The summed E-state index contributed by atoms with van der Waals surface area (Å²) in [7, 11) is -1.31. The van der Waals surface area contributed by atoms with E-state index in [0.717, 1.165) is 31.0 Å². The lowest BCUT2D eigenvalue weighted by atomic mass is 9.95. The highest BCUT2D eigenvalue weighted by molar-refractivity contribution is 7.88. The Morgan fingerprint density at radius 1 is 1.07 bits per heavy atom. The average molecular weight is 392 g/mol. The first-order valence-electron chi connectivity index (χ1n) is 9.97. The van der Waals surface area contributed by atoms with Crippen LogP contribution in [0.15, 0.2) is 24.3 Å². The normalized spacial score (nSPS) is 29.1. The van der Waals surface area contributed by atoms with Crippen LogP contribution in [0.5, 0.6) is 0 Å². The number of hydrogen-bond donors (Lipinski definition) is 1. The number of piperazine rings is 1. The van der Waals surface area contributed by atoms with Crippen molar-refractivity contribution in [2.75, 3.05) is 33.2 Å². The zero-order chi connectivity index (χ0) is 19.0. The quantitative estimate of drug-likeness (QED) is 0.829. The fourth-order valence-corrected chi connectivity index (χ4v) is 6.31. The molecule has 1 aromatic carbocycles. The van der Waals surface area contributed by atoms with Crippen LogP contribution in [0.1, 0.15) is 41.6 Å². The number of sulfonamides is 1. The van der Waals surface area contributed by atoms with Gasteiger partial charge < -0.3 is 10.2 Å². The summed E-state index contributed by atoms with van der Waals surface area (Å²) in [5.74, 6) is 1.39. The van der Waals surface area contributed by atoms with Crippen LogP contribution in [-0.2, 0) is 15.8 Å². The molecule has 1 aromatic rings. The van der Waals surface area contributed by atoms with Gasteiger partial charge in [0.25, 0.3) is 5.91 Å². The molecule has 2 bridgehead atoms. The Kier molecular flexibility index (Phi) is 5.27. The minimum absolute atomic E-state index is 0.00894. The lowest BCUT2D eigenvalue weighted by Crippen LogP contribution is -2.47. The summed E-state index contributed by atoms with van der Waals surface area (Å²) in [4.78, 5) is 14.6. The van der Waals surface area contributed by atoms with Crippen LogP contribution in [0.4, 0.5) is 0 Å². The van der Waals surface area contributed by atoms with E-state index in [9.17, 15) is 13.2 Å². The number of likely N-dealkylation sites (N-methyl/N-ethyl adjacent to an activating group) is 1. The molecule has 148 valence electrons. The van der Waals surface area contributed by atoms with E-state index in [4.69, 9.17) is 0 Å². The SMILES string of the molecule is CN1CCN(S(=O)(=O)Cc2ccc(C(=O)NC3CC4CCC3C4)cc2)CC1. The molecule has 2 saturated carbocycles. The van der Waals surface area contributed by atoms with E-state index in [1.54, 1.807) is 28.6 Å². The summed E-state index contributed by atoms with van der Waals surface area (Å²) in [6.07, 6.45) is 4.91. The van der Waals surface area contributed by atoms with E-state index in [1.165, 1.54) is 19.3 Å². The molecule has 1 N–H and O–H groups in total. The highest BCUT2D eigenvalue weighted by Crippen LogP contribution is 2.44. The minimum Gasteiger partial charge on any atom is -0.349 e. The molecule has 7 heteroatoms. The molecule has 1 heterocycles. The Labute approximate surface area is 162 Å². The molecule has 27 heavy (non-hydrogen) atoms. The third-order valence-corrected chi connectivity index (χ3v) is 8.33. The summed E-state index contributed by atoms with van der Waals surface area (Å²) in [6, 6.07) is 7.34. The van der Waals surface area contributed by atoms with Gasteiger partial charge in [0.15, 0.2) is 0 Å². The lowest BCUT2D eigenvalue weighted by Gasteiger charge is -2.31. The molecule has 0 spiro atoms. The van der Waals surface area contributed by atoms with Gasteiger partial charge in [0.05, 0.1) is 5.75 Å². The maximum Gasteiger partial charge on any atom is 0.251 e. The minimum atomic E-state index is -3.31. The molecular weight excluding hydrogens is 362 g/mol. The fraction of sp³-hybridized carbons (Fsp3) is 0.650. The second-order valence-electron chi connectivity index (χ2n) is 8.41. The van der Waals surface area contributed by atoms with Gasteiger partial charge in [-0.15, -0.1) is 0 Å². The molecule has 3 unspecified atom stereocenters. The highest BCUT2D eigenvalue weighted by Gasteiger charge is 2.40. The number of benzene rings is 1. The summed E-state index contributed by atoms with van der Waals surface area (Å²) in [5, 5.41) is 3.18. The molecule has 3 fully saturated rings. The Morgan fingerprint density at radius 2 is 1.78 bits per heavy atom. The summed E-state index contributed by atoms with van der Waals surface area (Å²) < 4.78 is 26.8. The van der Waals surface area contributed by atoms with E-state index in [-0.39, 0.29) is 11.7 Å². The van der Waals surface area contributed by atoms with E-state index in [2.05, 4.69) is 10.2 Å². The number of nitrogens with one attached hydrogen (secondary N) is 1. The molecule has 0 radical (unpaired) electrons. The van der Waals surface area contributed by atoms with Gasteiger partial charge >= 0.3 is 0 Å². The zero-order valence-electron chi connectivity index (χ0n) is 15.9. The second-order valence-corrected chi connectivity index (χ2v) is 10.4. The van der Waals surface area contributed by atoms with Gasteiger partial charge in [-0.05, 0) is 55.8 Å². The van der Waals surface area contributed by atoms with E-state index < -0.39 is 10.0 Å². The maximum absolute atomic E-state index is 12.6. The van der Waals surface area contributed by atoms with Gasteiger partial charge in [0.1, 0.15) is 0 Å². The second kappa shape index (κ2) is 7.53. The molecule has 1 aliphatic heterocycles. The standard InChI is InChI=1S/C20H29N3O3S/c1-22-8-10-23(11-9-22)27(25,26)14-15-2-5-17(6-3-15)20(24)21-19-13-16-4-7-18(19)12-16/h2-3,5-6,16,18-19H,4,7-14H2,1H3,(H,21,24). The average Bonchev–Trinajstić information content (AvgIpc) is 3.25. The van der Waals surface area contributed by atoms with Crippen LogP contribution in [0, 0.1) is 11.8 Å². The molecule has 6 nitrogen and oxygen atoms in total. The third kappa shape index (κ3) is 4.20. The topological polar surface area (TPSA) is 69.7 Å². The Morgan fingerprint density at radius 3 is 2.37 bits per heavy atom. The van der Waals surface area contributed by atoms with Crippen molar-refractivity contribution in [2.24, 2.45) is 11.8 Å². The van der Waals surface area contributed by atoms with Gasteiger partial charge in [0.2, 0.25) is 10.0 Å². The van der Waals surface area contributed by atoms with Crippen LogP contribution in [0.25, 0.3) is 0 Å². The van der Waals surface area contributed by atoms with Crippen LogP contribution < -0.4 is 5.32 Å². The molecule has 3 aliphatic rings. The van der Waals surface area contributed by atoms with Crippen molar-refractivity contribution in [2.45, 2.75) is 37.5 Å². The number of rotatable bonds is 5. The van der Waals surface area contributed by atoms with Crippen LogP contribution in [0.3, 0.4) is 0 Å². The first-order chi connectivity index (χ1) is 12.9. The van der Waals surface area contributed by atoms with Crippen molar-refractivity contribution in [3.05, 3.63) is 35.4 Å². The Balaban J connectivity index is 1.35. The predicted molar refractivity (Wildman–Crippen MR) is 105 cm³/mol. The number of fused-ring (bicyclic) bond motifs is 2. The molecule has 3 atom stereocenters. The molecule has 2 aliphatic carbocycles. The Hall–Kier alpha value is -1.44. The molecule has 1 saturated heterocycles.